The van der Waals surface area contributed by atoms with Crippen LogP contribution in [0, 0.1) is 6.92 Å². The zero-order chi connectivity index (χ0) is 14.5. The minimum Gasteiger partial charge on any atom is -0.508 e. The number of aromatic hydroxyl groups is 1. The average Bonchev–Trinajstić information content (AvgIpc) is 2.45. The number of benzene rings is 2. The van der Waals surface area contributed by atoms with E-state index in [4.69, 9.17) is 5.11 Å². The van der Waals surface area contributed by atoms with Gasteiger partial charge in [0.05, 0.1) is 6.61 Å². The van der Waals surface area contributed by atoms with Gasteiger partial charge in [-0.05, 0) is 36.8 Å². The predicted molar refractivity (Wildman–Crippen MR) is 78.6 cm³/mol. The minimum atomic E-state index is -0.297. The summed E-state index contributed by atoms with van der Waals surface area (Å²) in [5, 5.41) is 18.5. The van der Waals surface area contributed by atoms with Crippen LogP contribution in [0.3, 0.4) is 0 Å². The third kappa shape index (κ3) is 3.33. The number of phenols is 1. The summed E-state index contributed by atoms with van der Waals surface area (Å²) in [5.41, 5.74) is 2.88. The van der Waals surface area contributed by atoms with Crippen molar-refractivity contribution in [3.63, 3.8) is 0 Å². The van der Waals surface area contributed by atoms with Crippen LogP contribution in [0.2, 0.25) is 0 Å². The summed E-state index contributed by atoms with van der Waals surface area (Å²) >= 11 is 0. The Kier molecular flexibility index (Phi) is 4.33. The van der Waals surface area contributed by atoms with Crippen molar-refractivity contribution in [3.8, 4) is 5.75 Å². The Bertz CT molecular complexity index is 657. The number of aryl methyl sites for hydroxylation is 1. The fourth-order valence-electron chi connectivity index (χ4n) is 1.91. The Morgan fingerprint density at radius 1 is 1.20 bits per heavy atom. The molecule has 0 aliphatic heterocycles. The molecule has 0 aromatic heterocycles. The second-order valence-corrected chi connectivity index (χ2v) is 4.61. The average molecular weight is 268 g/mol. The number of carbonyl (C=O) groups is 1. The van der Waals surface area contributed by atoms with Gasteiger partial charge >= 0.3 is 0 Å². The molecule has 3 nitrogen and oxygen atoms in total. The summed E-state index contributed by atoms with van der Waals surface area (Å²) < 4.78 is 0. The highest BCUT2D eigenvalue weighted by Gasteiger charge is 2.06. The van der Waals surface area contributed by atoms with Crippen molar-refractivity contribution in [3.05, 3.63) is 70.8 Å². The summed E-state index contributed by atoms with van der Waals surface area (Å²) in [5.74, 6) is -0.173. The lowest BCUT2D eigenvalue weighted by molar-refractivity contribution is 0.104. The number of hydrogen-bond acceptors (Lipinski definition) is 3. The molecule has 0 aliphatic carbocycles. The Balaban J connectivity index is 2.20. The van der Waals surface area contributed by atoms with Crippen LogP contribution >= 0.6 is 0 Å². The van der Waals surface area contributed by atoms with Gasteiger partial charge in [0, 0.05) is 11.1 Å². The molecule has 102 valence electrons. The van der Waals surface area contributed by atoms with Gasteiger partial charge in [-0.3, -0.25) is 4.79 Å². The largest absolute Gasteiger partial charge is 0.508 e. The van der Waals surface area contributed by atoms with Crippen LogP contribution in [0.1, 0.15) is 27.0 Å². The van der Waals surface area contributed by atoms with E-state index in [0.717, 1.165) is 11.1 Å². The van der Waals surface area contributed by atoms with Crippen molar-refractivity contribution >= 4 is 11.9 Å². The van der Waals surface area contributed by atoms with Gasteiger partial charge in [0.25, 0.3) is 0 Å². The number of carbonyl (C=O) groups excluding carboxylic acids is 1. The van der Waals surface area contributed by atoms with E-state index in [1.165, 1.54) is 24.3 Å². The van der Waals surface area contributed by atoms with E-state index in [1.807, 2.05) is 31.2 Å². The van der Waals surface area contributed by atoms with Crippen molar-refractivity contribution in [1.82, 2.24) is 0 Å². The fraction of sp³-hybridized carbons (Fsp3) is 0.118. The molecule has 0 fully saturated rings. The van der Waals surface area contributed by atoms with E-state index in [2.05, 4.69) is 0 Å². The topological polar surface area (TPSA) is 57.5 Å². The summed E-state index contributed by atoms with van der Waals surface area (Å²) in [6.45, 7) is 1.70. The molecule has 0 saturated heterocycles. The molecule has 20 heavy (non-hydrogen) atoms. The minimum absolute atomic E-state index is 0.00767. The van der Waals surface area contributed by atoms with Crippen LogP contribution in [0.25, 0.3) is 6.08 Å². The third-order valence-corrected chi connectivity index (χ3v) is 3.00. The highest BCUT2D eigenvalue weighted by Crippen LogP contribution is 2.19. The summed E-state index contributed by atoms with van der Waals surface area (Å²) in [6, 6.07) is 12.3. The highest BCUT2D eigenvalue weighted by molar-refractivity contribution is 6.07. The Labute approximate surface area is 117 Å². The number of allylic oxidation sites excluding steroid dienone is 1. The van der Waals surface area contributed by atoms with E-state index in [0.29, 0.717) is 11.1 Å². The molecule has 0 heterocycles. The molecule has 0 aliphatic rings. The predicted octanol–water partition coefficient (Wildman–Crippen LogP) is 3.09. The second kappa shape index (κ2) is 6.17. The van der Waals surface area contributed by atoms with Gasteiger partial charge < -0.3 is 10.2 Å². The van der Waals surface area contributed by atoms with Crippen molar-refractivity contribution < 1.29 is 15.0 Å². The second-order valence-electron chi connectivity index (χ2n) is 4.61. The third-order valence-electron chi connectivity index (χ3n) is 3.00. The van der Waals surface area contributed by atoms with E-state index < -0.39 is 0 Å². The first-order valence-corrected chi connectivity index (χ1v) is 6.32. The van der Waals surface area contributed by atoms with Crippen LogP contribution in [0.15, 0.2) is 48.5 Å². The molecule has 2 N–H and O–H groups in total. The molecule has 2 aromatic carbocycles. The Morgan fingerprint density at radius 2 is 2.00 bits per heavy atom. The number of aliphatic hydroxyl groups is 1. The molecule has 0 atom stereocenters. The van der Waals surface area contributed by atoms with Crippen molar-refractivity contribution in [2.75, 3.05) is 0 Å². The smallest absolute Gasteiger partial charge is 0.185 e. The van der Waals surface area contributed by atoms with Crippen LogP contribution in [-0.4, -0.2) is 16.0 Å². The maximum Gasteiger partial charge on any atom is 0.185 e. The lowest BCUT2D eigenvalue weighted by atomic mass is 10.0. The van der Waals surface area contributed by atoms with Gasteiger partial charge in [0.1, 0.15) is 5.75 Å². The first kappa shape index (κ1) is 14.0. The quantitative estimate of drug-likeness (QED) is 0.661. The van der Waals surface area contributed by atoms with Gasteiger partial charge in [-0.2, -0.15) is 0 Å². The molecule has 3 heteroatoms. The molecule has 2 aromatic rings. The molecule has 0 saturated carbocycles. The molecular weight excluding hydrogens is 252 g/mol. The van der Waals surface area contributed by atoms with Crippen LogP contribution < -0.4 is 0 Å². The van der Waals surface area contributed by atoms with E-state index in [9.17, 15) is 9.90 Å². The van der Waals surface area contributed by atoms with Crippen LogP contribution in [0.5, 0.6) is 5.75 Å². The van der Waals surface area contributed by atoms with Gasteiger partial charge in [-0.1, -0.05) is 35.9 Å². The van der Waals surface area contributed by atoms with Gasteiger partial charge in [-0.15, -0.1) is 0 Å². The first-order valence-electron chi connectivity index (χ1n) is 6.32. The van der Waals surface area contributed by atoms with Crippen LogP contribution in [0.4, 0.5) is 0 Å². The van der Waals surface area contributed by atoms with Crippen molar-refractivity contribution in [1.29, 1.82) is 0 Å². The van der Waals surface area contributed by atoms with Gasteiger partial charge in [0.2, 0.25) is 0 Å². The number of aliphatic hydroxyl groups excluding tert-OH is 1. The maximum absolute atomic E-state index is 12.0. The fourth-order valence-corrected chi connectivity index (χ4v) is 1.91. The van der Waals surface area contributed by atoms with Gasteiger partial charge in [-0.25, -0.2) is 0 Å². The summed E-state index contributed by atoms with van der Waals surface area (Å²) in [6.07, 6.45) is 3.24. The maximum atomic E-state index is 12.0. The zero-order valence-electron chi connectivity index (χ0n) is 11.2. The standard InChI is InChI=1S/C17H16O3/c1-12-3-2-4-13(9-12)5-7-16(19)14-6-8-17(20)15(10-14)11-18/h2-10,18,20H,11H2,1H3/b7-5+. The molecule has 0 amide bonds. The molecule has 0 radical (unpaired) electrons. The van der Waals surface area contributed by atoms with E-state index in [1.54, 1.807) is 6.08 Å². The van der Waals surface area contributed by atoms with Crippen LogP contribution in [-0.2, 0) is 6.61 Å². The molecular formula is C17H16O3. The monoisotopic (exact) mass is 268 g/mol. The lowest BCUT2D eigenvalue weighted by Gasteiger charge is -2.03. The molecule has 2 rings (SSSR count). The summed E-state index contributed by atoms with van der Waals surface area (Å²) in [4.78, 5) is 12.0. The number of rotatable bonds is 4. The van der Waals surface area contributed by atoms with E-state index in [-0.39, 0.29) is 18.1 Å². The Hall–Kier alpha value is -2.39. The molecule has 0 unspecified atom stereocenters. The zero-order valence-corrected chi connectivity index (χ0v) is 11.2. The van der Waals surface area contributed by atoms with E-state index >= 15 is 0 Å². The van der Waals surface area contributed by atoms with Gasteiger partial charge in [0.15, 0.2) is 5.78 Å². The SMILES string of the molecule is Cc1cccc(/C=C/C(=O)c2ccc(O)c(CO)c2)c1. The highest BCUT2D eigenvalue weighted by atomic mass is 16.3. The number of hydrogen-bond donors (Lipinski definition) is 2. The van der Waals surface area contributed by atoms with Crippen molar-refractivity contribution in [2.45, 2.75) is 13.5 Å². The molecule has 0 spiro atoms. The first-order chi connectivity index (χ1) is 9.60. The summed E-state index contributed by atoms with van der Waals surface area (Å²) in [7, 11) is 0. The lowest BCUT2D eigenvalue weighted by Crippen LogP contribution is -1.96. The normalized spacial score (nSPS) is 10.9. The number of ketones is 1. The Morgan fingerprint density at radius 3 is 2.70 bits per heavy atom. The molecule has 0 bridgehead atoms. The van der Waals surface area contributed by atoms with Crippen molar-refractivity contribution in [2.24, 2.45) is 0 Å².